The van der Waals surface area contributed by atoms with Crippen LogP contribution in [-0.4, -0.2) is 32.2 Å². The molecule has 1 aromatic rings. The fourth-order valence-corrected chi connectivity index (χ4v) is 0.573. The average molecular weight is 163 g/mol. The second kappa shape index (κ2) is 2.94. The smallest absolute Gasteiger partial charge is 0.0234 e. The molecule has 0 saturated heterocycles. The van der Waals surface area contributed by atoms with Crippen LogP contribution in [0.1, 0.15) is 0 Å². The SMILES string of the molecule is CNn1[nH]n(N[N-]N)[nH]n1N. The molecule has 11 heavy (non-hydrogen) atoms. The summed E-state index contributed by atoms with van der Waals surface area (Å²) in [4.78, 5) is 3.72. The third-order valence-electron chi connectivity index (χ3n) is 0.982. The van der Waals surface area contributed by atoms with Crippen molar-refractivity contribution >= 4 is 0 Å². The second-order valence-corrected chi connectivity index (χ2v) is 1.64. The second-order valence-electron chi connectivity index (χ2n) is 1.64. The number of hydrogen-bond donors (Lipinski definition) is 6. The number of H-pyrrole nitrogens is 2. The van der Waals surface area contributed by atoms with E-state index < -0.39 is 0 Å². The van der Waals surface area contributed by atoms with Gasteiger partial charge in [-0.1, -0.05) is 9.81 Å². The molecule has 10 heteroatoms. The van der Waals surface area contributed by atoms with E-state index >= 15 is 0 Å². The van der Waals surface area contributed by atoms with Crippen LogP contribution in [0.2, 0.25) is 0 Å². The third kappa shape index (κ3) is 1.42. The number of nitrogens with one attached hydrogen (secondary N) is 4. The molecule has 0 spiro atoms. The fraction of sp³-hybridized carbons (Fsp3) is 1.00. The lowest BCUT2D eigenvalue weighted by Gasteiger charge is -2.14. The van der Waals surface area contributed by atoms with Crippen molar-refractivity contribution in [3.8, 4) is 0 Å². The highest BCUT2D eigenvalue weighted by atomic mass is 16.0. The van der Waals surface area contributed by atoms with Gasteiger partial charge in [0.15, 0.2) is 0 Å². The van der Waals surface area contributed by atoms with Crippen molar-refractivity contribution in [2.45, 2.75) is 0 Å². The number of aromatic nitrogens is 5. The average Bonchev–Trinajstić information content (AvgIpc) is 2.32. The molecule has 66 valence electrons. The van der Waals surface area contributed by atoms with Crippen LogP contribution in [0.15, 0.2) is 0 Å². The Hall–Kier alpha value is -1.68. The predicted octanol–water partition coefficient (Wildman–Crippen LogP) is -2.54. The first-order valence-corrected chi connectivity index (χ1v) is 2.78. The van der Waals surface area contributed by atoms with Crippen molar-refractivity contribution in [3.05, 3.63) is 5.53 Å². The van der Waals surface area contributed by atoms with E-state index in [9.17, 15) is 0 Å². The lowest BCUT2D eigenvalue weighted by Crippen LogP contribution is -2.27. The molecule has 0 amide bonds. The van der Waals surface area contributed by atoms with Crippen molar-refractivity contribution in [1.82, 2.24) is 25.1 Å². The van der Waals surface area contributed by atoms with Crippen LogP contribution in [0.3, 0.4) is 0 Å². The molecule has 0 aliphatic rings. The Balaban J connectivity index is 2.77. The van der Waals surface area contributed by atoms with Gasteiger partial charge in [-0.2, -0.15) is 10.4 Å². The number of hydrogen-bond acceptors (Lipinski definition) is 4. The van der Waals surface area contributed by atoms with E-state index in [1.54, 1.807) is 7.05 Å². The Morgan fingerprint density at radius 3 is 2.64 bits per heavy atom. The van der Waals surface area contributed by atoms with E-state index in [4.69, 9.17) is 11.7 Å². The molecule has 0 aliphatic heterocycles. The standard InChI is InChI=1S/CH11N10/c1-4-11-8-10(6-5-2)7-9(11)3/h4,6-8H,2-3H2,1H3/q-1. The Kier molecular flexibility index (Phi) is 1.98. The molecule has 1 rings (SSSR count). The lowest BCUT2D eigenvalue weighted by atomic mass is 11.5. The molecule has 0 bridgehead atoms. The van der Waals surface area contributed by atoms with E-state index in [0.717, 1.165) is 4.91 Å². The zero-order valence-electron chi connectivity index (χ0n) is 5.94. The molecule has 0 aromatic carbocycles. The van der Waals surface area contributed by atoms with Gasteiger partial charge in [0, 0.05) is 7.05 Å². The van der Waals surface area contributed by atoms with Crippen molar-refractivity contribution in [1.29, 1.82) is 0 Å². The summed E-state index contributed by atoms with van der Waals surface area (Å²) in [5, 5.41) is 5.22. The number of nitrogen functional groups attached to an aromatic ring is 1. The van der Waals surface area contributed by atoms with Crippen LogP contribution in [0.4, 0.5) is 0 Å². The summed E-state index contributed by atoms with van der Waals surface area (Å²) >= 11 is 0. The first-order chi connectivity index (χ1) is 5.27. The summed E-state index contributed by atoms with van der Waals surface area (Å²) in [5.41, 5.74) is 8.18. The maximum atomic E-state index is 5.37. The Morgan fingerprint density at radius 1 is 1.45 bits per heavy atom. The van der Waals surface area contributed by atoms with Gasteiger partial charge in [-0.25, -0.2) is 0 Å². The minimum absolute atomic E-state index is 1.14. The van der Waals surface area contributed by atoms with E-state index in [1.807, 2.05) is 0 Å². The Morgan fingerprint density at radius 2 is 2.18 bits per heavy atom. The highest BCUT2D eigenvalue weighted by Gasteiger charge is 1.88. The van der Waals surface area contributed by atoms with Crippen LogP contribution in [0.5, 0.6) is 0 Å². The summed E-state index contributed by atoms with van der Waals surface area (Å²) in [7, 11) is 1.68. The molecular weight excluding hydrogens is 152 g/mol. The molecule has 1 heterocycles. The van der Waals surface area contributed by atoms with E-state index in [2.05, 4.69) is 26.9 Å². The monoisotopic (exact) mass is 163 g/mol. The summed E-state index contributed by atoms with van der Waals surface area (Å²) in [6.45, 7) is 0. The predicted molar refractivity (Wildman–Crippen MR) is 39.1 cm³/mol. The Labute approximate surface area is 61.5 Å². The summed E-state index contributed by atoms with van der Waals surface area (Å²) in [5.74, 6) is 10.2. The zero-order chi connectivity index (χ0) is 8.27. The van der Waals surface area contributed by atoms with E-state index in [0.29, 0.717) is 0 Å². The van der Waals surface area contributed by atoms with E-state index in [1.165, 1.54) is 9.81 Å². The number of nitrogens with zero attached hydrogens (tertiary/aromatic N) is 4. The van der Waals surface area contributed by atoms with Gasteiger partial charge in [-0.3, -0.25) is 5.43 Å². The molecule has 0 aliphatic carbocycles. The van der Waals surface area contributed by atoms with Gasteiger partial charge in [0.2, 0.25) is 0 Å². The van der Waals surface area contributed by atoms with Crippen LogP contribution in [0, 0.1) is 0 Å². The van der Waals surface area contributed by atoms with E-state index in [-0.39, 0.29) is 0 Å². The molecule has 0 saturated carbocycles. The molecule has 8 N–H and O–H groups in total. The quantitative estimate of drug-likeness (QED) is 0.216. The first kappa shape index (κ1) is 7.43. The van der Waals surface area contributed by atoms with Crippen molar-refractivity contribution in [3.63, 3.8) is 0 Å². The molecule has 0 unspecified atom stereocenters. The topological polar surface area (TPSA) is 137 Å². The molecule has 0 atom stereocenters. The minimum Gasteiger partial charge on any atom is -0.490 e. The van der Waals surface area contributed by atoms with Crippen LogP contribution in [0.25, 0.3) is 5.53 Å². The number of nitrogens with two attached hydrogens (primary N) is 2. The van der Waals surface area contributed by atoms with Crippen LogP contribution >= 0.6 is 0 Å². The van der Waals surface area contributed by atoms with Crippen molar-refractivity contribution < 1.29 is 0 Å². The first-order valence-electron chi connectivity index (χ1n) is 2.78. The summed E-state index contributed by atoms with van der Waals surface area (Å²) in [6.07, 6.45) is 0. The maximum absolute atomic E-state index is 5.37. The maximum Gasteiger partial charge on any atom is 0.0234 e. The zero-order valence-corrected chi connectivity index (χ0v) is 5.94. The molecule has 0 fully saturated rings. The Bertz CT molecular complexity index is 223. The largest absolute Gasteiger partial charge is 0.490 e. The minimum atomic E-state index is 1.14. The lowest BCUT2D eigenvalue weighted by molar-refractivity contribution is 0.525. The molecule has 10 nitrogen and oxygen atoms in total. The highest BCUT2D eigenvalue weighted by Crippen LogP contribution is 1.70. The van der Waals surface area contributed by atoms with Gasteiger partial charge in [0.1, 0.15) is 0 Å². The van der Waals surface area contributed by atoms with Gasteiger partial charge < -0.3 is 22.8 Å². The highest BCUT2D eigenvalue weighted by molar-refractivity contribution is 4.68. The third-order valence-corrected chi connectivity index (χ3v) is 0.982. The fourth-order valence-electron chi connectivity index (χ4n) is 0.573. The number of aromatic amines is 2. The van der Waals surface area contributed by atoms with Crippen molar-refractivity contribution in [2.24, 2.45) is 5.84 Å². The van der Waals surface area contributed by atoms with Gasteiger partial charge in [-0.05, 0) is 0 Å². The van der Waals surface area contributed by atoms with Crippen molar-refractivity contribution in [2.75, 3.05) is 23.9 Å². The van der Waals surface area contributed by atoms with Gasteiger partial charge in [0.05, 0.1) is 0 Å². The molecule has 0 radical (unpaired) electrons. The molecule has 1 aromatic heterocycles. The van der Waals surface area contributed by atoms with Crippen LogP contribution in [-0.2, 0) is 0 Å². The normalized spacial score (nSPS) is 9.64. The van der Waals surface area contributed by atoms with Gasteiger partial charge >= 0.3 is 0 Å². The van der Waals surface area contributed by atoms with Gasteiger partial charge in [-0.15, -0.1) is 4.91 Å². The number of rotatable bonds is 3. The van der Waals surface area contributed by atoms with Gasteiger partial charge in [0.25, 0.3) is 0 Å². The molecular formula is CH11N10-. The van der Waals surface area contributed by atoms with Crippen LogP contribution < -0.4 is 22.6 Å². The summed E-state index contributed by atoms with van der Waals surface area (Å²) < 4.78 is 0. The summed E-state index contributed by atoms with van der Waals surface area (Å²) in [6, 6.07) is 0.